The van der Waals surface area contributed by atoms with E-state index in [9.17, 15) is 14.3 Å². The maximum absolute atomic E-state index is 14.1. The minimum atomic E-state index is -0.332. The summed E-state index contributed by atoms with van der Waals surface area (Å²) in [7, 11) is 2.94. The number of phenolic OH excluding ortho intramolecular Hbond substituents is 1. The average molecular weight is 449 g/mol. The van der Waals surface area contributed by atoms with Crippen molar-refractivity contribution in [2.24, 2.45) is 0 Å². The second-order valence-electron chi connectivity index (χ2n) is 7.82. The van der Waals surface area contributed by atoms with Crippen LogP contribution < -0.4 is 9.47 Å². The Morgan fingerprint density at radius 2 is 1.85 bits per heavy atom. The van der Waals surface area contributed by atoms with E-state index in [1.165, 1.54) is 32.5 Å². The van der Waals surface area contributed by atoms with Gasteiger partial charge in [0.1, 0.15) is 17.4 Å². The van der Waals surface area contributed by atoms with Crippen molar-refractivity contribution >= 4 is 23.0 Å². The Balaban J connectivity index is 1.69. The summed E-state index contributed by atoms with van der Waals surface area (Å²) >= 11 is 0. The van der Waals surface area contributed by atoms with Gasteiger partial charge in [-0.1, -0.05) is 11.2 Å². The molecule has 0 saturated carbocycles. The highest BCUT2D eigenvalue weighted by atomic mass is 19.1. The van der Waals surface area contributed by atoms with Gasteiger partial charge in [0.2, 0.25) is 5.75 Å². The van der Waals surface area contributed by atoms with Crippen molar-refractivity contribution in [2.75, 3.05) is 14.2 Å². The number of halogens is 1. The van der Waals surface area contributed by atoms with Gasteiger partial charge in [-0.05, 0) is 77.1 Å². The number of aromatic nitrogens is 1. The molecule has 1 aliphatic carbocycles. The van der Waals surface area contributed by atoms with E-state index in [1.807, 2.05) is 13.0 Å². The molecular weight excluding hydrogens is 425 g/mol. The van der Waals surface area contributed by atoms with Gasteiger partial charge in [0, 0.05) is 12.5 Å². The number of hydrogen-bond acceptors (Lipinski definition) is 6. The molecule has 1 aromatic heterocycles. The quantitative estimate of drug-likeness (QED) is 0.492. The van der Waals surface area contributed by atoms with Crippen LogP contribution in [0.15, 0.2) is 52.7 Å². The first-order chi connectivity index (χ1) is 15.9. The van der Waals surface area contributed by atoms with Crippen LogP contribution in [0, 0.1) is 5.82 Å². The Bertz CT molecular complexity index is 1230. The molecule has 0 bridgehead atoms. The fourth-order valence-electron chi connectivity index (χ4n) is 4.12. The SMILES string of the molecule is COc1cc(C=C2C(C)=C(CCC(=O)Cc3ccno3)c3cc(F)ccc32)cc(OC)c1O. The number of rotatable bonds is 8. The zero-order valence-corrected chi connectivity index (χ0v) is 18.6. The van der Waals surface area contributed by atoms with Crippen molar-refractivity contribution < 1.29 is 28.3 Å². The third-order valence-corrected chi connectivity index (χ3v) is 5.78. The number of fused-ring (bicyclic) bond motifs is 1. The highest BCUT2D eigenvalue weighted by Gasteiger charge is 2.25. The summed E-state index contributed by atoms with van der Waals surface area (Å²) in [6.07, 6.45) is 4.42. The largest absolute Gasteiger partial charge is 0.502 e. The third kappa shape index (κ3) is 4.53. The number of allylic oxidation sites excluding steroid dienone is 3. The predicted molar refractivity (Wildman–Crippen MR) is 123 cm³/mol. The van der Waals surface area contributed by atoms with Crippen LogP contribution in [0.4, 0.5) is 4.39 Å². The molecule has 2 aromatic carbocycles. The average Bonchev–Trinajstić information content (AvgIpc) is 3.39. The topological polar surface area (TPSA) is 81.8 Å². The number of ether oxygens (including phenoxy) is 2. The minimum Gasteiger partial charge on any atom is -0.502 e. The van der Waals surface area contributed by atoms with Crippen molar-refractivity contribution in [1.29, 1.82) is 0 Å². The maximum Gasteiger partial charge on any atom is 0.200 e. The van der Waals surface area contributed by atoms with E-state index in [1.54, 1.807) is 24.3 Å². The molecule has 0 fully saturated rings. The molecule has 1 aliphatic rings. The van der Waals surface area contributed by atoms with Crippen molar-refractivity contribution in [3.8, 4) is 17.2 Å². The van der Waals surface area contributed by atoms with Gasteiger partial charge in [-0.2, -0.15) is 0 Å². The standard InChI is InChI=1S/C26H24FNO5/c1-15-20(7-5-18(29)14-19-8-9-28-33-19)23-13-17(27)4-6-21(23)22(15)10-16-11-24(31-2)26(30)25(12-16)32-3/h4,6,8-13,30H,5,7,14H2,1-3H3. The van der Waals surface area contributed by atoms with Gasteiger partial charge in [0.05, 0.1) is 26.8 Å². The van der Waals surface area contributed by atoms with Gasteiger partial charge < -0.3 is 19.1 Å². The predicted octanol–water partition coefficient (Wildman–Crippen LogP) is 5.46. The Kier molecular flexibility index (Phi) is 6.31. The van der Waals surface area contributed by atoms with E-state index in [4.69, 9.17) is 14.0 Å². The van der Waals surface area contributed by atoms with Crippen LogP contribution in [0.2, 0.25) is 0 Å². The van der Waals surface area contributed by atoms with E-state index in [-0.39, 0.29) is 23.8 Å². The fraction of sp³-hybridized carbons (Fsp3) is 0.231. The van der Waals surface area contributed by atoms with Gasteiger partial charge in [-0.15, -0.1) is 0 Å². The molecule has 0 spiro atoms. The number of carbonyl (C=O) groups excluding carboxylic acids is 1. The fourth-order valence-corrected chi connectivity index (χ4v) is 4.12. The highest BCUT2D eigenvalue weighted by Crippen LogP contribution is 2.45. The number of benzene rings is 2. The molecule has 170 valence electrons. The molecule has 6 nitrogen and oxygen atoms in total. The van der Waals surface area contributed by atoms with E-state index in [0.717, 1.165) is 33.4 Å². The van der Waals surface area contributed by atoms with Gasteiger partial charge in [0.15, 0.2) is 11.5 Å². The lowest BCUT2D eigenvalue weighted by atomic mass is 9.98. The smallest absolute Gasteiger partial charge is 0.200 e. The molecule has 33 heavy (non-hydrogen) atoms. The van der Waals surface area contributed by atoms with Gasteiger partial charge in [0.25, 0.3) is 0 Å². The summed E-state index contributed by atoms with van der Waals surface area (Å²) in [6, 6.07) is 9.77. The second kappa shape index (κ2) is 9.32. The Hall–Kier alpha value is -3.87. The maximum atomic E-state index is 14.1. The van der Waals surface area contributed by atoms with E-state index >= 15 is 0 Å². The number of carbonyl (C=O) groups is 1. The molecule has 1 heterocycles. The molecule has 4 rings (SSSR count). The summed E-state index contributed by atoms with van der Waals surface area (Å²) in [5, 5.41) is 13.8. The van der Waals surface area contributed by atoms with Gasteiger partial charge >= 0.3 is 0 Å². The molecule has 3 aromatic rings. The van der Waals surface area contributed by atoms with Crippen molar-refractivity contribution in [3.63, 3.8) is 0 Å². The van der Waals surface area contributed by atoms with E-state index in [0.29, 0.717) is 30.1 Å². The Morgan fingerprint density at radius 1 is 1.12 bits per heavy atom. The van der Waals surface area contributed by atoms with E-state index < -0.39 is 0 Å². The zero-order valence-electron chi connectivity index (χ0n) is 18.6. The summed E-state index contributed by atoms with van der Waals surface area (Å²) in [4.78, 5) is 12.4. The minimum absolute atomic E-state index is 0.0236. The van der Waals surface area contributed by atoms with Gasteiger partial charge in [-0.3, -0.25) is 4.79 Å². The van der Waals surface area contributed by atoms with Crippen molar-refractivity contribution in [3.05, 3.63) is 76.4 Å². The highest BCUT2D eigenvalue weighted by molar-refractivity contribution is 6.05. The van der Waals surface area contributed by atoms with Crippen LogP contribution in [-0.4, -0.2) is 30.3 Å². The van der Waals surface area contributed by atoms with E-state index in [2.05, 4.69) is 5.16 Å². The van der Waals surface area contributed by atoms with Crippen LogP contribution in [0.5, 0.6) is 17.2 Å². The first kappa shape index (κ1) is 22.3. The molecular formula is C26H24FNO5. The molecule has 1 N–H and O–H groups in total. The Morgan fingerprint density at radius 3 is 2.48 bits per heavy atom. The number of nitrogens with zero attached hydrogens (tertiary/aromatic N) is 1. The lowest BCUT2D eigenvalue weighted by Crippen LogP contribution is -2.02. The number of hydrogen-bond donors (Lipinski definition) is 1. The van der Waals surface area contributed by atoms with Crippen LogP contribution in [-0.2, 0) is 11.2 Å². The van der Waals surface area contributed by atoms with Crippen LogP contribution in [0.3, 0.4) is 0 Å². The zero-order chi connectivity index (χ0) is 23.5. The normalized spacial score (nSPS) is 14.0. The third-order valence-electron chi connectivity index (χ3n) is 5.78. The number of ketones is 1. The van der Waals surface area contributed by atoms with Crippen molar-refractivity contribution in [1.82, 2.24) is 5.16 Å². The number of phenols is 1. The monoisotopic (exact) mass is 449 g/mol. The lowest BCUT2D eigenvalue weighted by molar-refractivity contribution is -0.118. The van der Waals surface area contributed by atoms with Crippen LogP contribution in [0.25, 0.3) is 17.2 Å². The molecule has 0 amide bonds. The molecule has 0 radical (unpaired) electrons. The molecule has 0 unspecified atom stereocenters. The van der Waals surface area contributed by atoms with Crippen LogP contribution in [0.1, 0.15) is 42.2 Å². The first-order valence-electron chi connectivity index (χ1n) is 10.5. The lowest BCUT2D eigenvalue weighted by Gasteiger charge is -2.11. The first-order valence-corrected chi connectivity index (χ1v) is 10.5. The molecule has 0 aliphatic heterocycles. The molecule has 0 atom stereocenters. The molecule has 0 saturated heterocycles. The number of Topliss-reactive ketones (excluding diaryl/α,β-unsaturated/α-hetero) is 1. The number of methoxy groups -OCH3 is 2. The van der Waals surface area contributed by atoms with Gasteiger partial charge in [-0.25, -0.2) is 4.39 Å². The summed E-state index contributed by atoms with van der Waals surface area (Å²) in [6.45, 7) is 1.97. The van der Waals surface area contributed by atoms with Crippen molar-refractivity contribution in [2.45, 2.75) is 26.2 Å². The second-order valence-corrected chi connectivity index (χ2v) is 7.82. The molecule has 7 heteroatoms. The summed E-state index contributed by atoms with van der Waals surface area (Å²) < 4.78 is 29.7. The summed E-state index contributed by atoms with van der Waals surface area (Å²) in [5.41, 5.74) is 5.24. The summed E-state index contributed by atoms with van der Waals surface area (Å²) in [5.74, 6) is 0.724. The number of aromatic hydroxyl groups is 1. The Labute approximate surface area is 190 Å². The van der Waals surface area contributed by atoms with Crippen LogP contribution >= 0.6 is 0 Å².